The van der Waals surface area contributed by atoms with Crippen LogP contribution in [-0.4, -0.2) is 17.4 Å². The second-order valence-electron chi connectivity index (χ2n) is 3.18. The molecular formula is C12H13N3O. The normalized spacial score (nSPS) is 10.6. The minimum atomic E-state index is -0.352. The molecule has 1 aromatic rings. The fourth-order valence-corrected chi connectivity index (χ4v) is 1.09. The van der Waals surface area contributed by atoms with Crippen LogP contribution in [0.4, 0.5) is 0 Å². The van der Waals surface area contributed by atoms with Gasteiger partial charge in [-0.1, -0.05) is 13.0 Å². The average molecular weight is 215 g/mol. The van der Waals surface area contributed by atoms with E-state index in [0.717, 1.165) is 6.42 Å². The molecule has 4 heteroatoms. The summed E-state index contributed by atoms with van der Waals surface area (Å²) >= 11 is 0. The second kappa shape index (κ2) is 6.36. The highest BCUT2D eigenvalue weighted by molar-refractivity contribution is 6.01. The van der Waals surface area contributed by atoms with E-state index in [2.05, 4.69) is 10.3 Å². The van der Waals surface area contributed by atoms with Gasteiger partial charge >= 0.3 is 0 Å². The van der Waals surface area contributed by atoms with Crippen molar-refractivity contribution in [3.05, 3.63) is 35.7 Å². The third-order valence-electron chi connectivity index (χ3n) is 1.88. The first-order valence-corrected chi connectivity index (χ1v) is 5.09. The molecule has 0 fully saturated rings. The maximum Gasteiger partial charge on any atom is 0.262 e. The summed E-state index contributed by atoms with van der Waals surface area (Å²) in [4.78, 5) is 15.5. The lowest BCUT2D eigenvalue weighted by molar-refractivity contribution is -0.117. The smallest absolute Gasteiger partial charge is 0.262 e. The van der Waals surface area contributed by atoms with Gasteiger partial charge in [0.25, 0.3) is 5.91 Å². The minimum Gasteiger partial charge on any atom is -0.351 e. The Bertz CT molecular complexity index is 418. The lowest BCUT2D eigenvalue weighted by Crippen LogP contribution is -2.25. The van der Waals surface area contributed by atoms with Gasteiger partial charge in [-0.25, -0.2) is 0 Å². The molecule has 1 heterocycles. The van der Waals surface area contributed by atoms with Gasteiger partial charge in [0.2, 0.25) is 0 Å². The fraction of sp³-hybridized carbons (Fsp3) is 0.250. The Morgan fingerprint density at radius 2 is 2.44 bits per heavy atom. The molecule has 1 aromatic heterocycles. The van der Waals surface area contributed by atoms with E-state index in [1.54, 1.807) is 24.4 Å². The summed E-state index contributed by atoms with van der Waals surface area (Å²) < 4.78 is 0. The molecule has 0 aliphatic carbocycles. The Morgan fingerprint density at radius 3 is 3.00 bits per heavy atom. The molecule has 0 aromatic carbocycles. The van der Waals surface area contributed by atoms with E-state index >= 15 is 0 Å². The van der Waals surface area contributed by atoms with E-state index in [1.165, 1.54) is 6.08 Å². The molecule has 0 unspecified atom stereocenters. The Hall–Kier alpha value is -2.15. The van der Waals surface area contributed by atoms with Crippen LogP contribution in [-0.2, 0) is 4.79 Å². The molecule has 16 heavy (non-hydrogen) atoms. The van der Waals surface area contributed by atoms with Crippen molar-refractivity contribution in [2.24, 2.45) is 0 Å². The van der Waals surface area contributed by atoms with Crippen LogP contribution in [0.3, 0.4) is 0 Å². The van der Waals surface area contributed by atoms with Gasteiger partial charge in [0.1, 0.15) is 11.6 Å². The number of amides is 1. The fourth-order valence-electron chi connectivity index (χ4n) is 1.09. The first-order chi connectivity index (χ1) is 7.77. The van der Waals surface area contributed by atoms with Crippen molar-refractivity contribution in [2.45, 2.75) is 13.3 Å². The largest absolute Gasteiger partial charge is 0.351 e. The van der Waals surface area contributed by atoms with E-state index in [-0.39, 0.29) is 11.5 Å². The van der Waals surface area contributed by atoms with Gasteiger partial charge < -0.3 is 5.32 Å². The molecule has 82 valence electrons. The lowest BCUT2D eigenvalue weighted by Gasteiger charge is -2.01. The molecule has 0 saturated heterocycles. The van der Waals surface area contributed by atoms with Crippen molar-refractivity contribution >= 4 is 12.0 Å². The molecule has 4 nitrogen and oxygen atoms in total. The van der Waals surface area contributed by atoms with E-state index in [0.29, 0.717) is 12.2 Å². The summed E-state index contributed by atoms with van der Waals surface area (Å²) in [5, 5.41) is 11.5. The number of nitrogens with zero attached hydrogens (tertiary/aromatic N) is 2. The molecular weight excluding hydrogens is 202 g/mol. The molecule has 1 N–H and O–H groups in total. The quantitative estimate of drug-likeness (QED) is 0.611. The Kier molecular flexibility index (Phi) is 4.74. The van der Waals surface area contributed by atoms with Crippen LogP contribution < -0.4 is 5.32 Å². The summed E-state index contributed by atoms with van der Waals surface area (Å²) in [5.74, 6) is -0.352. The predicted molar refractivity (Wildman–Crippen MR) is 61.1 cm³/mol. The zero-order valence-corrected chi connectivity index (χ0v) is 9.10. The third-order valence-corrected chi connectivity index (χ3v) is 1.88. The van der Waals surface area contributed by atoms with E-state index in [4.69, 9.17) is 5.26 Å². The first-order valence-electron chi connectivity index (χ1n) is 5.09. The first kappa shape index (κ1) is 11.9. The van der Waals surface area contributed by atoms with Gasteiger partial charge in [0.05, 0.1) is 5.69 Å². The second-order valence-corrected chi connectivity index (χ2v) is 3.18. The molecule has 1 rings (SSSR count). The van der Waals surface area contributed by atoms with Crippen LogP contribution in [0, 0.1) is 11.3 Å². The highest BCUT2D eigenvalue weighted by Crippen LogP contribution is 2.02. The Labute approximate surface area is 94.6 Å². The molecule has 0 bridgehead atoms. The van der Waals surface area contributed by atoms with Gasteiger partial charge in [0.15, 0.2) is 0 Å². The van der Waals surface area contributed by atoms with Crippen LogP contribution in [0.5, 0.6) is 0 Å². The SMILES string of the molecule is CCCNC(=O)/C(C#N)=C\c1ccccn1. The predicted octanol–water partition coefficient (Wildman–Crippen LogP) is 1.51. The molecule has 0 spiro atoms. The maximum absolute atomic E-state index is 11.5. The van der Waals surface area contributed by atoms with Gasteiger partial charge in [0, 0.05) is 12.7 Å². The highest BCUT2D eigenvalue weighted by Gasteiger charge is 2.07. The van der Waals surface area contributed by atoms with Gasteiger partial charge in [-0.15, -0.1) is 0 Å². The molecule has 0 aliphatic heterocycles. The topological polar surface area (TPSA) is 65.8 Å². The summed E-state index contributed by atoms with van der Waals surface area (Å²) in [5.41, 5.74) is 0.679. The average Bonchev–Trinajstić information content (AvgIpc) is 2.34. The Morgan fingerprint density at radius 1 is 1.62 bits per heavy atom. The summed E-state index contributed by atoms with van der Waals surface area (Å²) in [6.45, 7) is 2.52. The zero-order valence-electron chi connectivity index (χ0n) is 9.10. The summed E-state index contributed by atoms with van der Waals surface area (Å²) in [6, 6.07) is 7.19. The van der Waals surface area contributed by atoms with Crippen LogP contribution in [0.2, 0.25) is 0 Å². The van der Waals surface area contributed by atoms with Crippen LogP contribution in [0.25, 0.3) is 6.08 Å². The third kappa shape index (κ3) is 3.54. The highest BCUT2D eigenvalue weighted by atomic mass is 16.1. The van der Waals surface area contributed by atoms with Crippen molar-refractivity contribution in [3.8, 4) is 6.07 Å². The van der Waals surface area contributed by atoms with Crippen molar-refractivity contribution in [1.29, 1.82) is 5.26 Å². The molecule has 0 saturated carbocycles. The van der Waals surface area contributed by atoms with Crippen LogP contribution >= 0.6 is 0 Å². The van der Waals surface area contributed by atoms with Crippen molar-refractivity contribution < 1.29 is 4.79 Å². The van der Waals surface area contributed by atoms with E-state index < -0.39 is 0 Å². The van der Waals surface area contributed by atoms with Crippen molar-refractivity contribution in [3.63, 3.8) is 0 Å². The van der Waals surface area contributed by atoms with Crippen molar-refractivity contribution in [2.75, 3.05) is 6.54 Å². The maximum atomic E-state index is 11.5. The Balaban J connectivity index is 2.79. The summed E-state index contributed by atoms with van der Waals surface area (Å²) in [7, 11) is 0. The number of rotatable bonds is 4. The minimum absolute atomic E-state index is 0.0761. The monoisotopic (exact) mass is 215 g/mol. The van der Waals surface area contributed by atoms with Crippen LogP contribution in [0.15, 0.2) is 30.0 Å². The molecule has 0 atom stereocenters. The van der Waals surface area contributed by atoms with E-state index in [9.17, 15) is 4.79 Å². The van der Waals surface area contributed by atoms with Crippen molar-refractivity contribution in [1.82, 2.24) is 10.3 Å². The number of aromatic nitrogens is 1. The standard InChI is InChI=1S/C12H13N3O/c1-2-6-15-12(16)10(9-13)8-11-5-3-4-7-14-11/h3-5,7-8H,2,6H2,1H3,(H,15,16)/b10-8-. The molecule has 1 amide bonds. The van der Waals surface area contributed by atoms with Crippen LogP contribution in [0.1, 0.15) is 19.0 Å². The molecule has 0 aliphatic rings. The number of carbonyl (C=O) groups excluding carboxylic acids is 1. The zero-order chi connectivity index (χ0) is 11.8. The number of pyridine rings is 1. The number of hydrogen-bond donors (Lipinski definition) is 1. The number of nitriles is 1. The number of carbonyl (C=O) groups is 1. The lowest BCUT2D eigenvalue weighted by atomic mass is 10.2. The van der Waals surface area contributed by atoms with Gasteiger partial charge in [-0.3, -0.25) is 9.78 Å². The molecule has 0 radical (unpaired) electrons. The van der Waals surface area contributed by atoms with E-state index in [1.807, 2.05) is 13.0 Å². The number of hydrogen-bond acceptors (Lipinski definition) is 3. The summed E-state index contributed by atoms with van der Waals surface area (Å²) in [6.07, 6.45) is 3.93. The van der Waals surface area contributed by atoms with Gasteiger partial charge in [-0.05, 0) is 24.6 Å². The van der Waals surface area contributed by atoms with Gasteiger partial charge in [-0.2, -0.15) is 5.26 Å². The number of nitrogens with one attached hydrogen (secondary N) is 1.